The van der Waals surface area contributed by atoms with Crippen LogP contribution >= 0.6 is 11.3 Å². The zero-order valence-corrected chi connectivity index (χ0v) is 24.8. The highest BCUT2D eigenvalue weighted by Gasteiger charge is 2.19. The van der Waals surface area contributed by atoms with Crippen molar-refractivity contribution in [3.63, 3.8) is 0 Å². The molecule has 0 radical (unpaired) electrons. The highest BCUT2D eigenvalue weighted by molar-refractivity contribution is 7.26. The average Bonchev–Trinajstić information content (AvgIpc) is 3.65. The van der Waals surface area contributed by atoms with E-state index in [0.717, 1.165) is 17.7 Å². The second kappa shape index (κ2) is 10.2. The van der Waals surface area contributed by atoms with Crippen molar-refractivity contribution in [2.24, 2.45) is 0 Å². The van der Waals surface area contributed by atoms with Gasteiger partial charge in [0.1, 0.15) is 0 Å². The van der Waals surface area contributed by atoms with Crippen LogP contribution in [-0.4, -0.2) is 9.55 Å². The van der Waals surface area contributed by atoms with E-state index in [-0.39, 0.29) is 6.04 Å². The van der Waals surface area contributed by atoms with Gasteiger partial charge in [0, 0.05) is 49.0 Å². The normalized spacial score (nSPS) is 15.0. The zero-order chi connectivity index (χ0) is 29.0. The standard InChI is InChI=1S/C41H28N2S/c1-4-19-37-33(16-1)34-17-2-5-20-38(34)43(37)32-15-9-13-30(26-32)28-11-7-10-27(24-28)29-12-8-14-31(25-29)40-41-36(22-23-42-40)35-18-3-6-21-39(35)44-41/h1-14,16-26,32H,15H2. The molecule has 0 N–H and O–H groups in total. The molecule has 208 valence electrons. The summed E-state index contributed by atoms with van der Waals surface area (Å²) in [5.74, 6) is 0. The van der Waals surface area contributed by atoms with E-state index in [0.29, 0.717) is 0 Å². The molecule has 3 heterocycles. The van der Waals surface area contributed by atoms with Crippen molar-refractivity contribution in [3.05, 3.63) is 157 Å². The third kappa shape index (κ3) is 4.05. The van der Waals surface area contributed by atoms with Gasteiger partial charge in [0.25, 0.3) is 0 Å². The Balaban J connectivity index is 1.11. The first-order valence-corrected chi connectivity index (χ1v) is 16.0. The Hall–Kier alpha value is -5.25. The largest absolute Gasteiger partial charge is 0.333 e. The van der Waals surface area contributed by atoms with Crippen molar-refractivity contribution in [2.75, 3.05) is 0 Å². The van der Waals surface area contributed by atoms with Crippen LogP contribution < -0.4 is 0 Å². The SMILES string of the molecule is C1=CC(c2cccc(-c3cccc(-c4nccc5c4sc4ccccc45)c3)c2)=CC(n2c3ccccc3c3ccccc32)C1. The van der Waals surface area contributed by atoms with Gasteiger partial charge in [0.05, 0.1) is 16.4 Å². The second-order valence-electron chi connectivity index (χ2n) is 11.5. The molecule has 1 aliphatic rings. The first kappa shape index (κ1) is 25.3. The Morgan fingerprint density at radius 1 is 0.591 bits per heavy atom. The third-order valence-electron chi connectivity index (χ3n) is 8.95. The topological polar surface area (TPSA) is 17.8 Å². The summed E-state index contributed by atoms with van der Waals surface area (Å²) in [6, 6.07) is 46.4. The average molecular weight is 581 g/mol. The van der Waals surface area contributed by atoms with Gasteiger partial charge in [-0.25, -0.2) is 0 Å². The van der Waals surface area contributed by atoms with Gasteiger partial charge < -0.3 is 4.57 Å². The van der Waals surface area contributed by atoms with Crippen molar-refractivity contribution in [2.45, 2.75) is 12.5 Å². The third-order valence-corrected chi connectivity index (χ3v) is 10.1. The first-order valence-electron chi connectivity index (χ1n) is 15.2. The van der Waals surface area contributed by atoms with Crippen LogP contribution in [0.4, 0.5) is 0 Å². The summed E-state index contributed by atoms with van der Waals surface area (Å²) in [4.78, 5) is 4.86. The van der Waals surface area contributed by atoms with Gasteiger partial charge in [0.15, 0.2) is 0 Å². The zero-order valence-electron chi connectivity index (χ0n) is 24.0. The number of hydrogen-bond donors (Lipinski definition) is 0. The number of fused-ring (bicyclic) bond motifs is 6. The number of aromatic nitrogens is 2. The van der Waals surface area contributed by atoms with Crippen molar-refractivity contribution in [1.29, 1.82) is 0 Å². The number of rotatable bonds is 4. The maximum atomic E-state index is 4.86. The van der Waals surface area contributed by atoms with Gasteiger partial charge in [0.2, 0.25) is 0 Å². The van der Waals surface area contributed by atoms with E-state index in [1.165, 1.54) is 64.2 Å². The van der Waals surface area contributed by atoms with Crippen LogP contribution in [0.3, 0.4) is 0 Å². The highest BCUT2D eigenvalue weighted by atomic mass is 32.1. The van der Waals surface area contributed by atoms with E-state index in [1.54, 1.807) is 0 Å². The summed E-state index contributed by atoms with van der Waals surface area (Å²) >= 11 is 1.83. The quantitative estimate of drug-likeness (QED) is 0.202. The van der Waals surface area contributed by atoms with E-state index in [1.807, 2.05) is 17.5 Å². The molecule has 2 nitrogen and oxygen atoms in total. The predicted molar refractivity (Wildman–Crippen MR) is 188 cm³/mol. The molecule has 0 fully saturated rings. The molecule has 1 aliphatic carbocycles. The smallest absolute Gasteiger partial charge is 0.0880 e. The highest BCUT2D eigenvalue weighted by Crippen LogP contribution is 2.40. The van der Waals surface area contributed by atoms with Crippen molar-refractivity contribution in [1.82, 2.24) is 9.55 Å². The van der Waals surface area contributed by atoms with Crippen molar-refractivity contribution >= 4 is 58.9 Å². The second-order valence-corrected chi connectivity index (χ2v) is 12.6. The summed E-state index contributed by atoms with van der Waals surface area (Å²) in [6.45, 7) is 0. The van der Waals surface area contributed by atoms with E-state index in [9.17, 15) is 0 Å². The van der Waals surface area contributed by atoms with E-state index in [2.05, 4.69) is 150 Å². The molecule has 0 spiro atoms. The Kier molecular flexibility index (Phi) is 5.85. The summed E-state index contributed by atoms with van der Waals surface area (Å²) in [5, 5.41) is 5.20. The number of nitrogens with zero attached hydrogens (tertiary/aromatic N) is 2. The lowest BCUT2D eigenvalue weighted by atomic mass is 9.93. The molecule has 1 atom stereocenters. The minimum Gasteiger partial charge on any atom is -0.333 e. The molecule has 3 heteroatoms. The molecule has 0 bridgehead atoms. The minimum absolute atomic E-state index is 0.250. The molecular formula is C41H28N2S. The van der Waals surface area contributed by atoms with Gasteiger partial charge in [-0.3, -0.25) is 4.98 Å². The fraction of sp³-hybridized carbons (Fsp3) is 0.0488. The van der Waals surface area contributed by atoms with Crippen LogP contribution in [0.2, 0.25) is 0 Å². The summed E-state index contributed by atoms with van der Waals surface area (Å²) in [6.07, 6.45) is 9.98. The molecule has 1 unspecified atom stereocenters. The van der Waals surface area contributed by atoms with Crippen LogP contribution in [0.5, 0.6) is 0 Å². The number of thiophene rings is 1. The van der Waals surface area contributed by atoms with Crippen LogP contribution in [0, 0.1) is 0 Å². The Morgan fingerprint density at radius 3 is 2.00 bits per heavy atom. The number of pyridine rings is 1. The predicted octanol–water partition coefficient (Wildman–Crippen LogP) is 11.5. The van der Waals surface area contributed by atoms with Crippen molar-refractivity contribution < 1.29 is 0 Å². The number of para-hydroxylation sites is 2. The molecule has 0 saturated heterocycles. The van der Waals surface area contributed by atoms with Gasteiger partial charge >= 0.3 is 0 Å². The monoisotopic (exact) mass is 580 g/mol. The summed E-state index contributed by atoms with van der Waals surface area (Å²) in [5.41, 5.74) is 9.68. The number of allylic oxidation sites excluding steroid dienone is 4. The molecule has 3 aromatic heterocycles. The lowest BCUT2D eigenvalue weighted by Gasteiger charge is -2.21. The Bertz CT molecular complexity index is 2380. The van der Waals surface area contributed by atoms with Gasteiger partial charge in [-0.15, -0.1) is 11.3 Å². The van der Waals surface area contributed by atoms with Gasteiger partial charge in [-0.2, -0.15) is 0 Å². The molecular weight excluding hydrogens is 553 g/mol. The van der Waals surface area contributed by atoms with Crippen molar-refractivity contribution in [3.8, 4) is 22.4 Å². The fourth-order valence-corrected chi connectivity index (χ4v) is 8.14. The summed E-state index contributed by atoms with van der Waals surface area (Å²) in [7, 11) is 0. The van der Waals surface area contributed by atoms with Gasteiger partial charge in [-0.05, 0) is 65.1 Å². The van der Waals surface area contributed by atoms with Crippen LogP contribution in [0.15, 0.2) is 152 Å². The van der Waals surface area contributed by atoms with Crippen LogP contribution in [-0.2, 0) is 0 Å². The lowest BCUT2D eigenvalue weighted by Crippen LogP contribution is -2.08. The van der Waals surface area contributed by atoms with Gasteiger partial charge in [-0.1, -0.05) is 109 Å². The molecule has 0 amide bonds. The maximum absolute atomic E-state index is 4.86. The minimum atomic E-state index is 0.250. The fourth-order valence-electron chi connectivity index (χ4n) is 6.93. The first-order chi connectivity index (χ1) is 21.8. The number of hydrogen-bond acceptors (Lipinski definition) is 2. The Morgan fingerprint density at radius 2 is 1.23 bits per heavy atom. The van der Waals surface area contributed by atoms with Crippen LogP contribution in [0.25, 0.3) is 69.9 Å². The maximum Gasteiger partial charge on any atom is 0.0880 e. The number of benzene rings is 5. The lowest BCUT2D eigenvalue weighted by molar-refractivity contribution is 0.650. The van der Waals surface area contributed by atoms with E-state index < -0.39 is 0 Å². The molecule has 9 rings (SSSR count). The Labute approximate surface area is 259 Å². The molecule has 0 saturated carbocycles. The summed E-state index contributed by atoms with van der Waals surface area (Å²) < 4.78 is 5.06. The van der Waals surface area contributed by atoms with Crippen LogP contribution in [0.1, 0.15) is 18.0 Å². The molecule has 0 aliphatic heterocycles. The van der Waals surface area contributed by atoms with E-state index >= 15 is 0 Å². The molecule has 44 heavy (non-hydrogen) atoms. The molecule has 8 aromatic rings. The van der Waals surface area contributed by atoms with E-state index in [4.69, 9.17) is 4.98 Å². The molecule has 5 aromatic carbocycles.